The Morgan fingerprint density at radius 2 is 1.82 bits per heavy atom. The Labute approximate surface area is 129 Å². The highest BCUT2D eigenvalue weighted by atomic mass is 16.5. The summed E-state index contributed by atoms with van der Waals surface area (Å²) in [4.78, 5) is 14.5. The number of likely N-dealkylation sites (tertiary alicyclic amines) is 1. The number of amides is 2. The Bertz CT molecular complexity index is 614. The largest absolute Gasteiger partial charge is 0.374 e. The maximum Gasteiger partial charge on any atom is 0.321 e. The molecule has 1 aromatic rings. The molecular formula is C17H20N2O3. The molecule has 4 unspecified atom stereocenters. The second-order valence-electron chi connectivity index (χ2n) is 6.93. The molecule has 0 aliphatic carbocycles. The van der Waals surface area contributed by atoms with Gasteiger partial charge in [-0.2, -0.15) is 0 Å². The van der Waals surface area contributed by atoms with Gasteiger partial charge in [0.25, 0.3) is 0 Å². The van der Waals surface area contributed by atoms with E-state index in [1.807, 2.05) is 23.1 Å². The minimum atomic E-state index is 0.0210. The number of urea groups is 1. The summed E-state index contributed by atoms with van der Waals surface area (Å²) >= 11 is 0. The van der Waals surface area contributed by atoms with Crippen LogP contribution in [0.1, 0.15) is 24.0 Å². The van der Waals surface area contributed by atoms with E-state index in [2.05, 4.69) is 5.32 Å². The number of hydrogen-bond acceptors (Lipinski definition) is 3. The van der Waals surface area contributed by atoms with Crippen molar-refractivity contribution in [2.75, 3.05) is 18.4 Å². The first-order valence-corrected chi connectivity index (χ1v) is 8.19. The first kappa shape index (κ1) is 12.9. The topological polar surface area (TPSA) is 50.8 Å². The van der Waals surface area contributed by atoms with E-state index in [4.69, 9.17) is 9.47 Å². The van der Waals surface area contributed by atoms with Crippen molar-refractivity contribution in [3.05, 3.63) is 29.3 Å². The molecule has 2 bridgehead atoms. The summed E-state index contributed by atoms with van der Waals surface area (Å²) in [6, 6.07) is 6.07. The number of carbonyl (C=O) groups excluding carboxylic acids is 1. The lowest BCUT2D eigenvalue weighted by atomic mass is 9.82. The quantitative estimate of drug-likeness (QED) is 0.866. The standard InChI is InChI=1S/C17H20N2O3/c20-17(18-12-2-1-10-8-21-9-11(10)5-12)19-6-13-14(7-19)16-4-3-15(13)22-16/h1-2,5,13-16H,3-4,6-9H2,(H,18,20). The number of rotatable bonds is 1. The van der Waals surface area contributed by atoms with Gasteiger partial charge >= 0.3 is 6.03 Å². The Kier molecular flexibility index (Phi) is 2.76. The maximum atomic E-state index is 12.5. The van der Waals surface area contributed by atoms with Crippen LogP contribution in [0.15, 0.2) is 18.2 Å². The number of nitrogens with one attached hydrogen (secondary N) is 1. The maximum absolute atomic E-state index is 12.5. The lowest BCUT2D eigenvalue weighted by Gasteiger charge is -2.19. The van der Waals surface area contributed by atoms with Crippen LogP contribution in [0.2, 0.25) is 0 Å². The van der Waals surface area contributed by atoms with Crippen LogP contribution >= 0.6 is 0 Å². The van der Waals surface area contributed by atoms with Crippen molar-refractivity contribution in [1.82, 2.24) is 4.90 Å². The van der Waals surface area contributed by atoms with Gasteiger partial charge in [-0.25, -0.2) is 4.79 Å². The van der Waals surface area contributed by atoms with E-state index in [9.17, 15) is 4.79 Å². The van der Waals surface area contributed by atoms with Gasteiger partial charge < -0.3 is 19.7 Å². The fraction of sp³-hybridized carbons (Fsp3) is 0.588. The number of hydrogen-bond donors (Lipinski definition) is 1. The van der Waals surface area contributed by atoms with Crippen LogP contribution in [-0.2, 0) is 22.7 Å². The van der Waals surface area contributed by atoms with E-state index in [1.165, 1.54) is 24.0 Å². The average Bonchev–Trinajstić information content (AvgIpc) is 3.27. The van der Waals surface area contributed by atoms with E-state index >= 15 is 0 Å². The van der Waals surface area contributed by atoms with E-state index in [0.29, 0.717) is 37.3 Å². The second kappa shape index (κ2) is 4.70. The van der Waals surface area contributed by atoms with Crippen LogP contribution in [0.5, 0.6) is 0 Å². The highest BCUT2D eigenvalue weighted by molar-refractivity contribution is 5.89. The molecule has 116 valence electrons. The van der Waals surface area contributed by atoms with Gasteiger partial charge in [0, 0.05) is 30.6 Å². The van der Waals surface area contributed by atoms with Gasteiger partial charge in [-0.3, -0.25) is 0 Å². The summed E-state index contributed by atoms with van der Waals surface area (Å²) in [5.74, 6) is 1.11. The fourth-order valence-corrected chi connectivity index (χ4v) is 4.58. The molecule has 2 amide bonds. The molecule has 1 N–H and O–H groups in total. The smallest absolute Gasteiger partial charge is 0.321 e. The summed E-state index contributed by atoms with van der Waals surface area (Å²) in [6.07, 6.45) is 3.13. The van der Waals surface area contributed by atoms with Crippen molar-refractivity contribution in [3.8, 4) is 0 Å². The molecule has 4 heterocycles. The summed E-state index contributed by atoms with van der Waals surface area (Å²) in [5.41, 5.74) is 3.27. The van der Waals surface area contributed by atoms with Gasteiger partial charge in [0.05, 0.1) is 25.4 Å². The zero-order valence-electron chi connectivity index (χ0n) is 12.5. The number of fused-ring (bicyclic) bond motifs is 6. The third kappa shape index (κ3) is 1.88. The minimum absolute atomic E-state index is 0.0210. The Morgan fingerprint density at radius 3 is 2.59 bits per heavy atom. The predicted octanol–water partition coefficient (Wildman–Crippen LogP) is 2.36. The van der Waals surface area contributed by atoms with Gasteiger partial charge in [-0.15, -0.1) is 0 Å². The lowest BCUT2D eigenvalue weighted by molar-refractivity contribution is 0.0747. The highest BCUT2D eigenvalue weighted by Crippen LogP contribution is 2.47. The lowest BCUT2D eigenvalue weighted by Crippen LogP contribution is -2.35. The minimum Gasteiger partial charge on any atom is -0.374 e. The Morgan fingerprint density at radius 1 is 1.09 bits per heavy atom. The first-order chi connectivity index (χ1) is 10.8. The molecule has 0 spiro atoms. The SMILES string of the molecule is O=C(Nc1ccc2c(c1)COC2)N1CC2C3CCC(O3)C2C1. The molecule has 0 radical (unpaired) electrons. The van der Waals surface area contributed by atoms with Gasteiger partial charge in [0.1, 0.15) is 0 Å². The van der Waals surface area contributed by atoms with Crippen LogP contribution < -0.4 is 5.32 Å². The van der Waals surface area contributed by atoms with Crippen molar-refractivity contribution in [2.24, 2.45) is 11.8 Å². The second-order valence-corrected chi connectivity index (χ2v) is 6.93. The van der Waals surface area contributed by atoms with Crippen molar-refractivity contribution < 1.29 is 14.3 Å². The number of benzene rings is 1. The summed E-state index contributed by atoms with van der Waals surface area (Å²) < 4.78 is 11.4. The molecule has 4 aliphatic heterocycles. The predicted molar refractivity (Wildman–Crippen MR) is 80.4 cm³/mol. The van der Waals surface area contributed by atoms with Gasteiger partial charge in [0.15, 0.2) is 0 Å². The van der Waals surface area contributed by atoms with Gasteiger partial charge in [-0.05, 0) is 36.1 Å². The zero-order chi connectivity index (χ0) is 14.7. The third-order valence-corrected chi connectivity index (χ3v) is 5.71. The van der Waals surface area contributed by atoms with Crippen molar-refractivity contribution in [1.29, 1.82) is 0 Å². The highest BCUT2D eigenvalue weighted by Gasteiger charge is 2.53. The van der Waals surface area contributed by atoms with E-state index < -0.39 is 0 Å². The fourth-order valence-electron chi connectivity index (χ4n) is 4.58. The molecule has 22 heavy (non-hydrogen) atoms. The monoisotopic (exact) mass is 300 g/mol. The van der Waals surface area contributed by atoms with Crippen LogP contribution in [0.4, 0.5) is 10.5 Å². The van der Waals surface area contributed by atoms with Crippen molar-refractivity contribution >= 4 is 11.7 Å². The van der Waals surface area contributed by atoms with E-state index in [-0.39, 0.29) is 6.03 Å². The summed E-state index contributed by atoms with van der Waals surface area (Å²) in [6.45, 7) is 3.01. The molecule has 3 saturated heterocycles. The summed E-state index contributed by atoms with van der Waals surface area (Å²) in [5, 5.41) is 3.04. The van der Waals surface area contributed by atoms with Crippen LogP contribution in [0.25, 0.3) is 0 Å². The number of nitrogens with zero attached hydrogens (tertiary/aromatic N) is 1. The molecule has 5 heteroatoms. The molecule has 5 rings (SSSR count). The first-order valence-electron chi connectivity index (χ1n) is 8.19. The molecule has 4 atom stereocenters. The van der Waals surface area contributed by atoms with Gasteiger partial charge in [-0.1, -0.05) is 6.07 Å². The average molecular weight is 300 g/mol. The molecule has 3 fully saturated rings. The van der Waals surface area contributed by atoms with Crippen LogP contribution in [0, 0.1) is 11.8 Å². The van der Waals surface area contributed by atoms with Crippen molar-refractivity contribution in [2.45, 2.75) is 38.3 Å². The number of anilines is 1. The van der Waals surface area contributed by atoms with Crippen molar-refractivity contribution in [3.63, 3.8) is 0 Å². The van der Waals surface area contributed by atoms with Crippen LogP contribution in [-0.4, -0.2) is 36.2 Å². The van der Waals surface area contributed by atoms with E-state index in [0.717, 1.165) is 18.8 Å². The van der Waals surface area contributed by atoms with E-state index in [1.54, 1.807) is 0 Å². The molecule has 5 nitrogen and oxygen atoms in total. The summed E-state index contributed by atoms with van der Waals surface area (Å²) in [7, 11) is 0. The van der Waals surface area contributed by atoms with Crippen LogP contribution in [0.3, 0.4) is 0 Å². The molecular weight excluding hydrogens is 280 g/mol. The number of ether oxygens (including phenoxy) is 2. The zero-order valence-corrected chi connectivity index (χ0v) is 12.5. The van der Waals surface area contributed by atoms with Gasteiger partial charge in [0.2, 0.25) is 0 Å². The number of carbonyl (C=O) groups is 1. The molecule has 0 saturated carbocycles. The molecule has 0 aromatic heterocycles. The molecule has 4 aliphatic rings. The Hall–Kier alpha value is -1.59. The normalized spacial score (nSPS) is 34.8. The third-order valence-electron chi connectivity index (χ3n) is 5.71. The molecule has 1 aromatic carbocycles. The Balaban J connectivity index is 1.28.